The van der Waals surface area contributed by atoms with E-state index in [1.165, 1.54) is 14.0 Å². The van der Waals surface area contributed by atoms with E-state index in [0.29, 0.717) is 19.8 Å². The molecule has 0 aromatic heterocycles. The summed E-state index contributed by atoms with van der Waals surface area (Å²) >= 11 is 0. The Hall–Kier alpha value is -0.650. The Balaban J connectivity index is 4.14. The average Bonchev–Trinajstić information content (AvgIpc) is 2.26. The van der Waals surface area contributed by atoms with E-state index in [1.807, 2.05) is 18.7 Å². The van der Waals surface area contributed by atoms with Crippen molar-refractivity contribution in [1.29, 1.82) is 0 Å². The van der Waals surface area contributed by atoms with Gasteiger partial charge in [0.05, 0.1) is 13.7 Å². The first-order valence-electron chi connectivity index (χ1n) is 5.58. The second-order valence-electron chi connectivity index (χ2n) is 3.83. The first-order chi connectivity index (χ1) is 7.47. The van der Waals surface area contributed by atoms with Gasteiger partial charge in [0.2, 0.25) is 0 Å². The number of carbonyl (C=O) groups excluding carboxylic acids is 1. The summed E-state index contributed by atoms with van der Waals surface area (Å²) in [6.45, 7) is 8.33. The van der Waals surface area contributed by atoms with Gasteiger partial charge in [-0.15, -0.1) is 0 Å². The van der Waals surface area contributed by atoms with Crippen molar-refractivity contribution in [1.82, 2.24) is 4.90 Å². The van der Waals surface area contributed by atoms with Gasteiger partial charge in [0.25, 0.3) is 0 Å². The van der Waals surface area contributed by atoms with Gasteiger partial charge in [-0.2, -0.15) is 0 Å². The maximum atomic E-state index is 11.3. The predicted octanol–water partition coefficient (Wildman–Crippen LogP) is 0.269. The third-order valence-corrected chi connectivity index (χ3v) is 2.36. The molecule has 0 amide bonds. The third kappa shape index (κ3) is 5.44. The van der Waals surface area contributed by atoms with Crippen molar-refractivity contribution in [3.05, 3.63) is 0 Å². The van der Waals surface area contributed by atoms with Gasteiger partial charge in [0.15, 0.2) is 5.60 Å². The number of esters is 1. The molecular weight excluding hydrogens is 210 g/mol. The van der Waals surface area contributed by atoms with Gasteiger partial charge in [0.1, 0.15) is 0 Å². The minimum absolute atomic E-state index is 0.253. The average molecular weight is 233 g/mol. The molecule has 0 aliphatic rings. The summed E-state index contributed by atoms with van der Waals surface area (Å²) in [6.07, 6.45) is 0. The molecule has 0 aliphatic carbocycles. The van der Waals surface area contributed by atoms with Crippen LogP contribution in [0.5, 0.6) is 0 Å². The Kier molecular flexibility index (Phi) is 7.29. The van der Waals surface area contributed by atoms with Crippen LogP contribution in [-0.2, 0) is 14.3 Å². The summed E-state index contributed by atoms with van der Waals surface area (Å²) in [7, 11) is 1.27. The minimum Gasteiger partial charge on any atom is -0.467 e. The molecule has 0 saturated heterocycles. The molecule has 0 radical (unpaired) electrons. The zero-order valence-electron chi connectivity index (χ0n) is 10.7. The van der Waals surface area contributed by atoms with Crippen LogP contribution in [0.25, 0.3) is 0 Å². The Morgan fingerprint density at radius 3 is 2.50 bits per heavy atom. The fourth-order valence-corrected chi connectivity index (χ4v) is 1.41. The van der Waals surface area contributed by atoms with Crippen molar-refractivity contribution in [2.45, 2.75) is 26.4 Å². The number of carbonyl (C=O) groups is 1. The molecule has 96 valence electrons. The second-order valence-corrected chi connectivity index (χ2v) is 3.83. The van der Waals surface area contributed by atoms with Gasteiger partial charge in [-0.3, -0.25) is 4.90 Å². The predicted molar refractivity (Wildman–Crippen MR) is 61.2 cm³/mol. The molecule has 0 bridgehead atoms. The first kappa shape index (κ1) is 15.3. The maximum Gasteiger partial charge on any atom is 0.338 e. The largest absolute Gasteiger partial charge is 0.467 e. The van der Waals surface area contributed by atoms with E-state index in [9.17, 15) is 9.90 Å². The zero-order valence-corrected chi connectivity index (χ0v) is 10.7. The van der Waals surface area contributed by atoms with Crippen LogP contribution >= 0.6 is 0 Å². The van der Waals surface area contributed by atoms with E-state index in [4.69, 9.17) is 4.74 Å². The monoisotopic (exact) mass is 233 g/mol. The SMILES string of the molecule is CCOCCN(CC)CC(C)(O)C(=O)OC. The molecular formula is C11H23NO4. The molecule has 0 aromatic carbocycles. The van der Waals surface area contributed by atoms with E-state index >= 15 is 0 Å². The standard InChI is InChI=1S/C11H23NO4/c1-5-12(7-8-16-6-2)9-11(3,14)10(13)15-4/h14H,5-9H2,1-4H3. The van der Waals surface area contributed by atoms with Crippen LogP contribution in [0.3, 0.4) is 0 Å². The highest BCUT2D eigenvalue weighted by Crippen LogP contribution is 2.08. The Bertz CT molecular complexity index is 206. The Morgan fingerprint density at radius 1 is 1.44 bits per heavy atom. The van der Waals surface area contributed by atoms with Gasteiger partial charge >= 0.3 is 5.97 Å². The van der Waals surface area contributed by atoms with Crippen molar-refractivity contribution in [2.75, 3.05) is 40.0 Å². The van der Waals surface area contributed by atoms with Crippen LogP contribution in [0.2, 0.25) is 0 Å². The highest BCUT2D eigenvalue weighted by molar-refractivity contribution is 5.78. The first-order valence-corrected chi connectivity index (χ1v) is 5.58. The third-order valence-electron chi connectivity index (χ3n) is 2.36. The normalized spacial score (nSPS) is 14.9. The van der Waals surface area contributed by atoms with Crippen molar-refractivity contribution < 1.29 is 19.4 Å². The minimum atomic E-state index is -1.46. The number of rotatable bonds is 8. The molecule has 0 saturated carbocycles. The number of nitrogens with zero attached hydrogens (tertiary/aromatic N) is 1. The summed E-state index contributed by atoms with van der Waals surface area (Å²) in [5, 5.41) is 9.88. The maximum absolute atomic E-state index is 11.3. The lowest BCUT2D eigenvalue weighted by Crippen LogP contribution is -2.48. The Labute approximate surface area is 97.3 Å². The molecule has 0 aliphatic heterocycles. The van der Waals surface area contributed by atoms with E-state index in [1.54, 1.807) is 0 Å². The number of ether oxygens (including phenoxy) is 2. The van der Waals surface area contributed by atoms with Gasteiger partial charge in [0, 0.05) is 19.7 Å². The number of hydrogen-bond donors (Lipinski definition) is 1. The highest BCUT2D eigenvalue weighted by Gasteiger charge is 2.33. The molecule has 0 spiro atoms. The number of aliphatic hydroxyl groups is 1. The molecule has 5 nitrogen and oxygen atoms in total. The quantitative estimate of drug-likeness (QED) is 0.481. The molecule has 0 rings (SSSR count). The molecule has 0 fully saturated rings. The lowest BCUT2D eigenvalue weighted by Gasteiger charge is -2.28. The topological polar surface area (TPSA) is 59.0 Å². The van der Waals surface area contributed by atoms with Gasteiger partial charge in [-0.1, -0.05) is 6.92 Å². The van der Waals surface area contributed by atoms with Crippen LogP contribution in [-0.4, -0.2) is 61.5 Å². The van der Waals surface area contributed by atoms with Crippen molar-refractivity contribution >= 4 is 5.97 Å². The molecule has 0 aromatic rings. The van der Waals surface area contributed by atoms with Crippen LogP contribution in [0.1, 0.15) is 20.8 Å². The smallest absolute Gasteiger partial charge is 0.338 e. The zero-order chi connectivity index (χ0) is 12.6. The van der Waals surface area contributed by atoms with E-state index in [2.05, 4.69) is 4.74 Å². The summed E-state index contributed by atoms with van der Waals surface area (Å²) in [5.41, 5.74) is -1.46. The van der Waals surface area contributed by atoms with Crippen molar-refractivity contribution in [2.24, 2.45) is 0 Å². The van der Waals surface area contributed by atoms with Crippen LogP contribution in [0, 0.1) is 0 Å². The van der Waals surface area contributed by atoms with Crippen LogP contribution in [0.4, 0.5) is 0 Å². The Morgan fingerprint density at radius 2 is 2.06 bits per heavy atom. The summed E-state index contributed by atoms with van der Waals surface area (Å²) in [4.78, 5) is 13.2. The van der Waals surface area contributed by atoms with Gasteiger partial charge < -0.3 is 14.6 Å². The van der Waals surface area contributed by atoms with E-state index < -0.39 is 11.6 Å². The number of hydrogen-bond acceptors (Lipinski definition) is 5. The summed E-state index contributed by atoms with van der Waals surface area (Å²) in [5.74, 6) is -0.609. The van der Waals surface area contributed by atoms with Gasteiger partial charge in [-0.05, 0) is 20.4 Å². The number of methoxy groups -OCH3 is 1. The molecule has 1 N–H and O–H groups in total. The second kappa shape index (κ2) is 7.60. The highest BCUT2D eigenvalue weighted by atomic mass is 16.5. The van der Waals surface area contributed by atoms with E-state index in [0.717, 1.165) is 6.54 Å². The van der Waals surface area contributed by atoms with Crippen molar-refractivity contribution in [3.63, 3.8) is 0 Å². The van der Waals surface area contributed by atoms with E-state index in [-0.39, 0.29) is 6.54 Å². The van der Waals surface area contributed by atoms with Crippen molar-refractivity contribution in [3.8, 4) is 0 Å². The summed E-state index contributed by atoms with van der Waals surface area (Å²) < 4.78 is 9.77. The fraction of sp³-hybridized carbons (Fsp3) is 0.909. The molecule has 16 heavy (non-hydrogen) atoms. The van der Waals surface area contributed by atoms with Gasteiger partial charge in [-0.25, -0.2) is 4.79 Å². The van der Waals surface area contributed by atoms with Crippen LogP contribution in [0.15, 0.2) is 0 Å². The molecule has 5 heteroatoms. The van der Waals surface area contributed by atoms with Crippen LogP contribution < -0.4 is 0 Å². The molecule has 0 heterocycles. The lowest BCUT2D eigenvalue weighted by atomic mass is 10.1. The lowest BCUT2D eigenvalue weighted by molar-refractivity contribution is -0.162. The molecule has 1 atom stereocenters. The fourth-order valence-electron chi connectivity index (χ4n) is 1.41. The summed E-state index contributed by atoms with van der Waals surface area (Å²) in [6, 6.07) is 0. The molecule has 1 unspecified atom stereocenters. The number of likely N-dealkylation sites (N-methyl/N-ethyl adjacent to an activating group) is 1.